The molecule has 7 nitrogen and oxygen atoms in total. The molecule has 4 amide bonds. The molecule has 0 saturated carbocycles. The van der Waals surface area contributed by atoms with Crippen LogP contribution in [0.25, 0.3) is 0 Å². The van der Waals surface area contributed by atoms with E-state index in [-0.39, 0.29) is 22.6 Å². The Bertz CT molecular complexity index is 1140. The normalized spacial score (nSPS) is 12.5. The van der Waals surface area contributed by atoms with E-state index in [9.17, 15) is 19.2 Å². The van der Waals surface area contributed by atoms with Crippen LogP contribution in [0.2, 0.25) is 0 Å². The fourth-order valence-electron chi connectivity index (χ4n) is 3.38. The number of anilines is 1. The molecule has 1 aliphatic rings. The summed E-state index contributed by atoms with van der Waals surface area (Å²) in [6.07, 6.45) is 0. The van der Waals surface area contributed by atoms with Gasteiger partial charge in [0.25, 0.3) is 17.7 Å². The minimum absolute atomic E-state index is 0.279. The van der Waals surface area contributed by atoms with Gasteiger partial charge in [-0.15, -0.1) is 0 Å². The molecule has 3 aromatic rings. The Hall–Kier alpha value is -4.26. The Morgan fingerprint density at radius 3 is 2.00 bits per heavy atom. The molecule has 4 rings (SSSR count). The summed E-state index contributed by atoms with van der Waals surface area (Å²) in [6, 6.07) is 22.5. The number of para-hydroxylation sites is 1. The number of amides is 4. The average molecular weight is 413 g/mol. The van der Waals surface area contributed by atoms with Gasteiger partial charge in [-0.1, -0.05) is 54.6 Å². The van der Waals surface area contributed by atoms with Gasteiger partial charge in [0.2, 0.25) is 5.91 Å². The van der Waals surface area contributed by atoms with E-state index in [4.69, 9.17) is 0 Å². The van der Waals surface area contributed by atoms with Gasteiger partial charge in [-0.25, -0.2) is 0 Å². The number of rotatable bonds is 6. The summed E-state index contributed by atoms with van der Waals surface area (Å²) in [5.41, 5.74) is 2.09. The molecule has 31 heavy (non-hydrogen) atoms. The highest BCUT2D eigenvalue weighted by Crippen LogP contribution is 2.22. The lowest BCUT2D eigenvalue weighted by Crippen LogP contribution is -2.37. The summed E-state index contributed by atoms with van der Waals surface area (Å²) in [7, 11) is 0. The van der Waals surface area contributed by atoms with E-state index in [1.807, 2.05) is 30.3 Å². The van der Waals surface area contributed by atoms with Gasteiger partial charge in [-0.05, 0) is 29.8 Å². The van der Waals surface area contributed by atoms with Crippen molar-refractivity contribution in [3.05, 3.63) is 101 Å². The summed E-state index contributed by atoms with van der Waals surface area (Å²) in [5.74, 6) is -1.94. The third-order valence-corrected chi connectivity index (χ3v) is 4.92. The minimum Gasteiger partial charge on any atom is -0.348 e. The first-order chi connectivity index (χ1) is 15.0. The molecule has 0 aromatic heterocycles. The van der Waals surface area contributed by atoms with Gasteiger partial charge in [-0.3, -0.25) is 24.1 Å². The van der Waals surface area contributed by atoms with Gasteiger partial charge in [0.05, 0.1) is 22.4 Å². The monoisotopic (exact) mass is 413 g/mol. The first-order valence-electron chi connectivity index (χ1n) is 9.71. The van der Waals surface area contributed by atoms with Crippen LogP contribution in [0.15, 0.2) is 78.9 Å². The molecule has 0 unspecified atom stereocenters. The summed E-state index contributed by atoms with van der Waals surface area (Å²) >= 11 is 0. The predicted octanol–water partition coefficient (Wildman–Crippen LogP) is 2.85. The molecule has 0 saturated heterocycles. The van der Waals surface area contributed by atoms with Crippen molar-refractivity contribution in [2.24, 2.45) is 0 Å². The van der Waals surface area contributed by atoms with Crippen LogP contribution >= 0.6 is 0 Å². The first-order valence-corrected chi connectivity index (χ1v) is 9.71. The molecule has 0 bridgehead atoms. The van der Waals surface area contributed by atoms with Crippen molar-refractivity contribution in [2.75, 3.05) is 11.9 Å². The third kappa shape index (κ3) is 4.20. The molecular formula is C24H19N3O4. The number of fused-ring (bicyclic) bond motifs is 1. The smallest absolute Gasteiger partial charge is 0.262 e. The summed E-state index contributed by atoms with van der Waals surface area (Å²) in [6.45, 7) is -0.0939. The number of carbonyl (C=O) groups excluding carboxylic acids is 4. The average Bonchev–Trinajstić information content (AvgIpc) is 3.03. The SMILES string of the molecule is O=C(CN1C(=O)c2ccccc2C1=O)Nc1ccccc1C(=O)NCc1ccccc1. The maximum atomic E-state index is 12.6. The van der Waals surface area contributed by atoms with Crippen LogP contribution in [0.1, 0.15) is 36.6 Å². The van der Waals surface area contributed by atoms with Gasteiger partial charge in [0.1, 0.15) is 6.54 Å². The first kappa shape index (κ1) is 20.0. The molecule has 0 radical (unpaired) electrons. The van der Waals surface area contributed by atoms with Crippen LogP contribution in [-0.4, -0.2) is 35.1 Å². The van der Waals surface area contributed by atoms with E-state index in [2.05, 4.69) is 10.6 Å². The topological polar surface area (TPSA) is 95.6 Å². The lowest BCUT2D eigenvalue weighted by Gasteiger charge is -2.15. The Morgan fingerprint density at radius 1 is 0.742 bits per heavy atom. The Morgan fingerprint density at radius 2 is 1.32 bits per heavy atom. The van der Waals surface area contributed by atoms with Gasteiger partial charge in [0, 0.05) is 6.54 Å². The summed E-state index contributed by atoms with van der Waals surface area (Å²) in [4.78, 5) is 51.0. The second-order valence-electron chi connectivity index (χ2n) is 7.00. The van der Waals surface area contributed by atoms with Crippen LogP contribution in [0.4, 0.5) is 5.69 Å². The van der Waals surface area contributed by atoms with Gasteiger partial charge < -0.3 is 10.6 Å². The van der Waals surface area contributed by atoms with Crippen molar-refractivity contribution in [3.8, 4) is 0 Å². The number of hydrogen-bond donors (Lipinski definition) is 2. The van der Waals surface area contributed by atoms with Crippen molar-refractivity contribution in [3.63, 3.8) is 0 Å². The van der Waals surface area contributed by atoms with Crippen molar-refractivity contribution >= 4 is 29.3 Å². The van der Waals surface area contributed by atoms with Crippen LogP contribution in [0, 0.1) is 0 Å². The molecule has 0 atom stereocenters. The molecule has 1 heterocycles. The molecule has 2 N–H and O–H groups in total. The highest BCUT2D eigenvalue weighted by atomic mass is 16.2. The highest BCUT2D eigenvalue weighted by molar-refractivity contribution is 6.22. The third-order valence-electron chi connectivity index (χ3n) is 4.92. The molecule has 154 valence electrons. The van der Waals surface area contributed by atoms with Crippen LogP contribution < -0.4 is 10.6 Å². The van der Waals surface area contributed by atoms with E-state index in [1.54, 1.807) is 48.5 Å². The molecule has 0 spiro atoms. The summed E-state index contributed by atoms with van der Waals surface area (Å²) < 4.78 is 0. The number of carbonyl (C=O) groups is 4. The van der Waals surface area contributed by atoms with Crippen molar-refractivity contribution in [1.29, 1.82) is 0 Å². The van der Waals surface area contributed by atoms with E-state index in [0.29, 0.717) is 12.2 Å². The van der Waals surface area contributed by atoms with E-state index >= 15 is 0 Å². The number of nitrogens with zero attached hydrogens (tertiary/aromatic N) is 1. The van der Waals surface area contributed by atoms with E-state index in [0.717, 1.165) is 10.5 Å². The predicted molar refractivity (Wildman–Crippen MR) is 114 cm³/mol. The molecular weight excluding hydrogens is 394 g/mol. The fourth-order valence-corrected chi connectivity index (χ4v) is 3.38. The van der Waals surface area contributed by atoms with Crippen molar-refractivity contribution < 1.29 is 19.2 Å². The molecule has 0 aliphatic carbocycles. The number of hydrogen-bond acceptors (Lipinski definition) is 4. The second-order valence-corrected chi connectivity index (χ2v) is 7.00. The maximum Gasteiger partial charge on any atom is 0.262 e. The molecule has 7 heteroatoms. The fraction of sp³-hybridized carbons (Fsp3) is 0.0833. The minimum atomic E-state index is -0.571. The van der Waals surface area contributed by atoms with Crippen LogP contribution in [-0.2, 0) is 11.3 Å². The van der Waals surface area contributed by atoms with Crippen LogP contribution in [0.5, 0.6) is 0 Å². The zero-order chi connectivity index (χ0) is 21.8. The Kier molecular flexibility index (Phi) is 5.57. The number of benzene rings is 3. The lowest BCUT2D eigenvalue weighted by atomic mass is 10.1. The Labute approximate surface area is 178 Å². The van der Waals surface area contributed by atoms with E-state index < -0.39 is 24.3 Å². The number of nitrogens with one attached hydrogen (secondary N) is 2. The quantitative estimate of drug-likeness (QED) is 0.608. The zero-order valence-electron chi connectivity index (χ0n) is 16.5. The standard InChI is InChI=1S/C24H19N3O4/c28-21(15-27-23(30)17-10-4-5-11-18(17)24(27)31)26-20-13-7-6-12-19(20)22(29)25-14-16-8-2-1-3-9-16/h1-13H,14-15H2,(H,25,29)(H,26,28). The maximum absolute atomic E-state index is 12.6. The van der Waals surface area contributed by atoms with Gasteiger partial charge in [0.15, 0.2) is 0 Å². The molecule has 3 aromatic carbocycles. The van der Waals surface area contributed by atoms with Gasteiger partial charge in [-0.2, -0.15) is 0 Å². The zero-order valence-corrected chi connectivity index (χ0v) is 16.5. The highest BCUT2D eigenvalue weighted by Gasteiger charge is 2.36. The molecule has 1 aliphatic heterocycles. The van der Waals surface area contributed by atoms with Gasteiger partial charge >= 0.3 is 0 Å². The summed E-state index contributed by atoms with van der Waals surface area (Å²) in [5, 5.41) is 5.46. The molecule has 0 fully saturated rings. The largest absolute Gasteiger partial charge is 0.348 e. The van der Waals surface area contributed by atoms with E-state index in [1.165, 1.54) is 0 Å². The van der Waals surface area contributed by atoms with Crippen molar-refractivity contribution in [2.45, 2.75) is 6.54 Å². The van der Waals surface area contributed by atoms with Crippen LogP contribution in [0.3, 0.4) is 0 Å². The van der Waals surface area contributed by atoms with Crippen molar-refractivity contribution in [1.82, 2.24) is 10.2 Å². The lowest BCUT2D eigenvalue weighted by molar-refractivity contribution is -0.116. The Balaban J connectivity index is 1.43. The number of imide groups is 1. The second kappa shape index (κ2) is 8.62.